The zero-order chi connectivity index (χ0) is 29.4. The second-order valence-corrected chi connectivity index (χ2v) is 12.5. The molecule has 0 bridgehead atoms. The van der Waals surface area contributed by atoms with E-state index in [9.17, 15) is 22.4 Å². The minimum absolute atomic E-state index is 0.0107. The third-order valence-corrected chi connectivity index (χ3v) is 9.37. The van der Waals surface area contributed by atoms with Crippen molar-refractivity contribution in [1.82, 2.24) is 10.2 Å². The van der Waals surface area contributed by atoms with E-state index in [0.717, 1.165) is 54.1 Å². The van der Waals surface area contributed by atoms with Gasteiger partial charge in [-0.3, -0.25) is 13.9 Å². The van der Waals surface area contributed by atoms with Gasteiger partial charge < -0.3 is 10.2 Å². The number of carbonyl (C=O) groups is 2. The van der Waals surface area contributed by atoms with Crippen LogP contribution in [0.5, 0.6) is 0 Å². The van der Waals surface area contributed by atoms with Crippen LogP contribution >= 0.6 is 11.6 Å². The maximum atomic E-state index is 14.1. The molecule has 1 aliphatic rings. The summed E-state index contributed by atoms with van der Waals surface area (Å²) >= 11 is 6.07. The normalized spacial score (nSPS) is 14.7. The highest BCUT2D eigenvalue weighted by molar-refractivity contribution is 7.92. The number of rotatable bonds is 11. The van der Waals surface area contributed by atoms with Crippen LogP contribution in [0.1, 0.15) is 51.0 Å². The highest BCUT2D eigenvalue weighted by Gasteiger charge is 2.34. The van der Waals surface area contributed by atoms with Crippen molar-refractivity contribution in [2.45, 2.75) is 69.0 Å². The van der Waals surface area contributed by atoms with Gasteiger partial charge >= 0.3 is 0 Å². The molecule has 0 aliphatic heterocycles. The summed E-state index contributed by atoms with van der Waals surface area (Å²) in [6, 6.07) is 18.8. The maximum Gasteiger partial charge on any atom is 0.264 e. The van der Waals surface area contributed by atoms with Gasteiger partial charge in [0.05, 0.1) is 10.6 Å². The lowest BCUT2D eigenvalue weighted by Gasteiger charge is -2.34. The van der Waals surface area contributed by atoms with Gasteiger partial charge in [0.1, 0.15) is 18.4 Å². The summed E-state index contributed by atoms with van der Waals surface area (Å²) in [6.45, 7) is 1.32. The van der Waals surface area contributed by atoms with Crippen molar-refractivity contribution in [2.24, 2.45) is 0 Å². The van der Waals surface area contributed by atoms with Crippen molar-refractivity contribution < 1.29 is 22.4 Å². The van der Waals surface area contributed by atoms with Gasteiger partial charge in [-0.15, -0.1) is 0 Å². The van der Waals surface area contributed by atoms with Crippen LogP contribution in [0.2, 0.25) is 5.02 Å². The Labute approximate surface area is 246 Å². The predicted molar refractivity (Wildman–Crippen MR) is 158 cm³/mol. The standard InChI is InChI=1S/C31H35ClFN3O4S/c1-2-29(31(38)34-26-9-5-3-6-10-26)35(21-23-13-15-24(32)16-14-23)30(37)22-36(27-19-17-25(33)18-20-27)41(39,40)28-11-7-4-8-12-28/h4,7-8,11-20,26,29H,2-3,5-6,9-10,21-22H2,1H3,(H,34,38)/t29-/m1/s1. The molecule has 3 aromatic carbocycles. The van der Waals surface area contributed by atoms with E-state index in [1.54, 1.807) is 42.5 Å². The van der Waals surface area contributed by atoms with Crippen LogP contribution in [-0.2, 0) is 26.2 Å². The Bertz CT molecular complexity index is 1410. The lowest BCUT2D eigenvalue weighted by Crippen LogP contribution is -2.54. The Morgan fingerprint density at radius 3 is 2.20 bits per heavy atom. The first kappa shape index (κ1) is 30.5. The predicted octanol–water partition coefficient (Wildman–Crippen LogP) is 5.93. The highest BCUT2D eigenvalue weighted by Crippen LogP contribution is 2.26. The fourth-order valence-electron chi connectivity index (χ4n) is 5.11. The summed E-state index contributed by atoms with van der Waals surface area (Å²) in [6.07, 6.45) is 5.33. The SMILES string of the molecule is CC[C@H](C(=O)NC1CCCCC1)N(Cc1ccc(Cl)cc1)C(=O)CN(c1ccc(F)cc1)S(=O)(=O)c1ccccc1. The average molecular weight is 600 g/mol. The van der Waals surface area contributed by atoms with Gasteiger partial charge in [0.25, 0.3) is 10.0 Å². The molecule has 41 heavy (non-hydrogen) atoms. The summed E-state index contributed by atoms with van der Waals surface area (Å²) in [5.41, 5.74) is 0.876. The molecule has 1 saturated carbocycles. The number of nitrogens with one attached hydrogen (secondary N) is 1. The number of hydrogen-bond acceptors (Lipinski definition) is 4. The van der Waals surface area contributed by atoms with E-state index in [2.05, 4.69) is 5.32 Å². The zero-order valence-electron chi connectivity index (χ0n) is 23.0. The largest absolute Gasteiger partial charge is 0.352 e. The van der Waals surface area contributed by atoms with E-state index < -0.39 is 34.3 Å². The molecular formula is C31H35ClFN3O4S. The number of carbonyl (C=O) groups excluding carboxylic acids is 2. The molecular weight excluding hydrogens is 565 g/mol. The molecule has 10 heteroatoms. The first-order chi connectivity index (χ1) is 19.7. The van der Waals surface area contributed by atoms with E-state index in [1.165, 1.54) is 29.2 Å². The monoisotopic (exact) mass is 599 g/mol. The Hall–Kier alpha value is -3.43. The van der Waals surface area contributed by atoms with Crippen LogP contribution in [0, 0.1) is 5.82 Å². The Morgan fingerprint density at radius 2 is 1.59 bits per heavy atom. The molecule has 4 rings (SSSR count). The molecule has 1 atom stereocenters. The van der Waals surface area contributed by atoms with Crippen molar-refractivity contribution in [3.8, 4) is 0 Å². The minimum Gasteiger partial charge on any atom is -0.352 e. The average Bonchev–Trinajstić information content (AvgIpc) is 2.98. The van der Waals surface area contributed by atoms with Crippen molar-refractivity contribution in [3.63, 3.8) is 0 Å². The summed E-state index contributed by atoms with van der Waals surface area (Å²) in [7, 11) is -4.20. The molecule has 0 radical (unpaired) electrons. The number of anilines is 1. The van der Waals surface area contributed by atoms with E-state index in [0.29, 0.717) is 11.4 Å². The number of nitrogens with zero attached hydrogens (tertiary/aromatic N) is 2. The van der Waals surface area contributed by atoms with Crippen LogP contribution < -0.4 is 9.62 Å². The topological polar surface area (TPSA) is 86.8 Å². The van der Waals surface area contributed by atoms with Gasteiger partial charge in [-0.1, -0.05) is 68.1 Å². The molecule has 7 nitrogen and oxygen atoms in total. The number of benzene rings is 3. The fraction of sp³-hybridized carbons (Fsp3) is 0.355. The summed E-state index contributed by atoms with van der Waals surface area (Å²) in [5, 5.41) is 3.65. The summed E-state index contributed by atoms with van der Waals surface area (Å²) in [5.74, 6) is -1.36. The number of amides is 2. The molecule has 2 amide bonds. The third kappa shape index (κ3) is 7.86. The summed E-state index contributed by atoms with van der Waals surface area (Å²) in [4.78, 5) is 29.0. The first-order valence-electron chi connectivity index (χ1n) is 13.9. The number of sulfonamides is 1. The van der Waals surface area contributed by atoms with E-state index in [-0.39, 0.29) is 29.1 Å². The van der Waals surface area contributed by atoms with Crippen LogP contribution in [0.25, 0.3) is 0 Å². The van der Waals surface area contributed by atoms with Gasteiger partial charge in [0.15, 0.2) is 0 Å². The Balaban J connectivity index is 1.68. The Kier molecular flexibility index (Phi) is 10.4. The minimum atomic E-state index is -4.20. The lowest BCUT2D eigenvalue weighted by molar-refractivity contribution is -0.140. The molecule has 0 unspecified atom stereocenters. The molecule has 1 N–H and O–H groups in total. The number of halogens is 2. The quantitative estimate of drug-likeness (QED) is 0.296. The molecule has 0 spiro atoms. The Morgan fingerprint density at radius 1 is 0.951 bits per heavy atom. The van der Waals surface area contributed by atoms with E-state index in [4.69, 9.17) is 11.6 Å². The second-order valence-electron chi connectivity index (χ2n) is 10.2. The summed E-state index contributed by atoms with van der Waals surface area (Å²) < 4.78 is 42.3. The fourth-order valence-corrected chi connectivity index (χ4v) is 6.67. The maximum absolute atomic E-state index is 14.1. The van der Waals surface area contributed by atoms with Gasteiger partial charge in [0.2, 0.25) is 11.8 Å². The van der Waals surface area contributed by atoms with Crippen LogP contribution in [0.3, 0.4) is 0 Å². The van der Waals surface area contributed by atoms with Crippen molar-refractivity contribution in [2.75, 3.05) is 10.8 Å². The molecule has 0 aromatic heterocycles. The van der Waals surface area contributed by atoms with Crippen LogP contribution in [0.4, 0.5) is 10.1 Å². The van der Waals surface area contributed by atoms with Crippen molar-refractivity contribution in [1.29, 1.82) is 0 Å². The first-order valence-corrected chi connectivity index (χ1v) is 15.7. The molecule has 218 valence electrons. The molecule has 0 heterocycles. The third-order valence-electron chi connectivity index (χ3n) is 7.33. The molecule has 0 saturated heterocycles. The van der Waals surface area contributed by atoms with Crippen LogP contribution in [-0.4, -0.2) is 43.8 Å². The molecule has 3 aromatic rings. The van der Waals surface area contributed by atoms with Crippen LogP contribution in [0.15, 0.2) is 83.8 Å². The van der Waals surface area contributed by atoms with Crippen molar-refractivity contribution >= 4 is 39.1 Å². The second kappa shape index (κ2) is 14.0. The van der Waals surface area contributed by atoms with Gasteiger partial charge in [-0.05, 0) is 73.4 Å². The van der Waals surface area contributed by atoms with Gasteiger partial charge in [0, 0.05) is 17.6 Å². The zero-order valence-corrected chi connectivity index (χ0v) is 24.6. The van der Waals surface area contributed by atoms with Gasteiger partial charge in [-0.2, -0.15) is 0 Å². The lowest BCUT2D eigenvalue weighted by atomic mass is 9.95. The van der Waals surface area contributed by atoms with E-state index >= 15 is 0 Å². The van der Waals surface area contributed by atoms with Crippen molar-refractivity contribution in [3.05, 3.63) is 95.3 Å². The van der Waals surface area contributed by atoms with E-state index in [1.807, 2.05) is 6.92 Å². The molecule has 1 aliphatic carbocycles. The highest BCUT2D eigenvalue weighted by atomic mass is 35.5. The van der Waals surface area contributed by atoms with Gasteiger partial charge in [-0.25, -0.2) is 12.8 Å². The molecule has 1 fully saturated rings. The smallest absolute Gasteiger partial charge is 0.264 e. The number of hydrogen-bond donors (Lipinski definition) is 1.